The summed E-state index contributed by atoms with van der Waals surface area (Å²) in [5, 5.41) is 0. The summed E-state index contributed by atoms with van der Waals surface area (Å²) in [4.78, 5) is 0. The van der Waals surface area contributed by atoms with Crippen LogP contribution >= 0.6 is 0 Å². The summed E-state index contributed by atoms with van der Waals surface area (Å²) in [5.74, 6) is 0. The first-order valence-corrected chi connectivity index (χ1v) is 2.85. The number of ether oxygens (including phenoxy) is 3. The van der Waals surface area contributed by atoms with Crippen LogP contribution in [-0.2, 0) is 14.2 Å². The minimum absolute atomic E-state index is 0. The summed E-state index contributed by atoms with van der Waals surface area (Å²) in [7, 11) is 4.92. The monoisotopic (exact) mass is 190 g/mol. The Morgan fingerprint density at radius 3 is 1.55 bits per heavy atom. The minimum atomic E-state index is 0. The predicted molar refractivity (Wildman–Crippen MR) is 36.5 cm³/mol. The summed E-state index contributed by atoms with van der Waals surface area (Å²) in [6.45, 7) is 1.18. The second kappa shape index (κ2) is 14.0. The molecule has 0 aliphatic carbocycles. The second-order valence-corrected chi connectivity index (χ2v) is 1.77. The first-order chi connectivity index (χ1) is 4.35. The number of hydrogen-bond donors (Lipinski definition) is 0. The molecular formula is C6H15KO4. The second-order valence-electron chi connectivity index (χ2n) is 1.77. The van der Waals surface area contributed by atoms with Gasteiger partial charge in [0.2, 0.25) is 0 Å². The molecule has 4 nitrogen and oxygen atoms in total. The molecule has 0 rings (SSSR count). The van der Waals surface area contributed by atoms with Gasteiger partial charge in [0.25, 0.3) is 0 Å². The summed E-state index contributed by atoms with van der Waals surface area (Å²) in [6, 6.07) is 0. The van der Waals surface area contributed by atoms with Gasteiger partial charge in [-0.1, -0.05) is 0 Å². The third-order valence-electron chi connectivity index (χ3n) is 1.04. The number of rotatable bonds is 5. The van der Waals surface area contributed by atoms with Crippen LogP contribution in [0.1, 0.15) is 0 Å². The Morgan fingerprint density at radius 2 is 1.36 bits per heavy atom. The normalized spacial score (nSPS) is 8.73. The van der Waals surface area contributed by atoms with Crippen LogP contribution in [0.2, 0.25) is 0 Å². The molecule has 0 aliphatic heterocycles. The molecule has 0 aromatic heterocycles. The van der Waals surface area contributed by atoms with Crippen LogP contribution in [-0.4, -0.2) is 46.1 Å². The van der Waals surface area contributed by atoms with Crippen LogP contribution in [0.25, 0.3) is 0 Å². The van der Waals surface area contributed by atoms with Gasteiger partial charge in [-0.2, -0.15) is 0 Å². The fourth-order valence-electron chi connectivity index (χ4n) is 0.556. The molecule has 0 atom stereocenters. The van der Waals surface area contributed by atoms with Crippen molar-refractivity contribution in [2.45, 2.75) is 6.10 Å². The van der Waals surface area contributed by atoms with E-state index in [1.54, 1.807) is 21.3 Å². The summed E-state index contributed by atoms with van der Waals surface area (Å²) >= 11 is 0. The van der Waals surface area contributed by atoms with Gasteiger partial charge in [0, 0.05) is 21.3 Å². The van der Waals surface area contributed by atoms with Crippen LogP contribution in [0.3, 0.4) is 0 Å². The maximum Gasteiger partial charge on any atom is 1.00 e. The van der Waals surface area contributed by atoms with E-state index in [-0.39, 0.29) is 63.0 Å². The molecule has 0 fully saturated rings. The molecule has 0 saturated heterocycles. The maximum absolute atomic E-state index is 4.98. The zero-order chi connectivity index (χ0) is 7.11. The standard InChI is InChI=1S/C6H14O3.K.H2O/c1-7-4-6(9-3)5-8-2;;/h6H,4-5H2,1-3H3;;1H2/q;+1;/p-1. The summed E-state index contributed by atoms with van der Waals surface area (Å²) in [5.41, 5.74) is 0. The average molecular weight is 190 g/mol. The van der Waals surface area contributed by atoms with E-state index in [2.05, 4.69) is 0 Å². The topological polar surface area (TPSA) is 57.7 Å². The third-order valence-corrected chi connectivity index (χ3v) is 1.04. The molecule has 5 heteroatoms. The largest absolute Gasteiger partial charge is 1.00 e. The van der Waals surface area contributed by atoms with E-state index < -0.39 is 0 Å². The first kappa shape index (κ1) is 18.3. The van der Waals surface area contributed by atoms with E-state index in [0.717, 1.165) is 0 Å². The van der Waals surface area contributed by atoms with Crippen molar-refractivity contribution in [3.8, 4) is 0 Å². The first-order valence-electron chi connectivity index (χ1n) is 2.85. The van der Waals surface area contributed by atoms with Gasteiger partial charge in [0.1, 0.15) is 6.10 Å². The van der Waals surface area contributed by atoms with Crippen LogP contribution in [0.4, 0.5) is 0 Å². The van der Waals surface area contributed by atoms with Gasteiger partial charge in [0.05, 0.1) is 13.2 Å². The summed E-state index contributed by atoms with van der Waals surface area (Å²) in [6.07, 6.45) is 0.0694. The van der Waals surface area contributed by atoms with E-state index in [1.807, 2.05) is 0 Å². The van der Waals surface area contributed by atoms with Gasteiger partial charge in [-0.25, -0.2) is 0 Å². The zero-order valence-corrected chi connectivity index (χ0v) is 10.8. The van der Waals surface area contributed by atoms with Gasteiger partial charge >= 0.3 is 51.4 Å². The fraction of sp³-hybridized carbons (Fsp3) is 1.00. The molecule has 0 saturated carbocycles. The molecule has 1 N–H and O–H groups in total. The fourth-order valence-corrected chi connectivity index (χ4v) is 0.556. The van der Waals surface area contributed by atoms with E-state index in [4.69, 9.17) is 14.2 Å². The number of hydrogen-bond acceptors (Lipinski definition) is 4. The predicted octanol–water partition coefficient (Wildman–Crippen LogP) is -2.88. The molecular weight excluding hydrogens is 175 g/mol. The molecule has 11 heavy (non-hydrogen) atoms. The van der Waals surface area contributed by atoms with Gasteiger partial charge < -0.3 is 19.7 Å². The Labute approximate surface area is 110 Å². The van der Waals surface area contributed by atoms with Gasteiger partial charge in [-0.05, 0) is 0 Å². The zero-order valence-electron chi connectivity index (χ0n) is 7.66. The van der Waals surface area contributed by atoms with Crippen molar-refractivity contribution in [3.05, 3.63) is 0 Å². The average Bonchev–Trinajstić information content (AvgIpc) is 1.88. The van der Waals surface area contributed by atoms with Gasteiger partial charge in [0.15, 0.2) is 0 Å². The van der Waals surface area contributed by atoms with E-state index in [0.29, 0.717) is 13.2 Å². The van der Waals surface area contributed by atoms with E-state index >= 15 is 0 Å². The quantitative estimate of drug-likeness (QED) is 0.437. The molecule has 0 aromatic carbocycles. The Hall–Kier alpha value is 1.48. The Morgan fingerprint density at radius 1 is 1.00 bits per heavy atom. The van der Waals surface area contributed by atoms with Crippen LogP contribution in [0.15, 0.2) is 0 Å². The Kier molecular flexibility index (Phi) is 23.3. The number of methoxy groups -OCH3 is 3. The molecule has 0 amide bonds. The van der Waals surface area contributed by atoms with Crippen LogP contribution < -0.4 is 51.4 Å². The summed E-state index contributed by atoms with van der Waals surface area (Å²) < 4.78 is 14.7. The van der Waals surface area contributed by atoms with Crippen molar-refractivity contribution in [1.29, 1.82) is 0 Å². The molecule has 0 spiro atoms. The molecule has 0 unspecified atom stereocenters. The Bertz CT molecular complexity index is 56.5. The molecule has 0 radical (unpaired) electrons. The van der Waals surface area contributed by atoms with Crippen molar-refractivity contribution in [1.82, 2.24) is 0 Å². The maximum atomic E-state index is 4.98. The Balaban J connectivity index is -0.000000320. The molecule has 0 aliphatic rings. The van der Waals surface area contributed by atoms with Gasteiger partial charge in [-0.3, -0.25) is 0 Å². The van der Waals surface area contributed by atoms with Crippen molar-refractivity contribution >= 4 is 0 Å². The van der Waals surface area contributed by atoms with E-state index in [1.165, 1.54) is 0 Å². The smallest absolute Gasteiger partial charge is 0.870 e. The SMILES string of the molecule is COCC(COC)OC.[K+].[OH-]. The molecule has 0 aromatic rings. The third kappa shape index (κ3) is 11.5. The van der Waals surface area contributed by atoms with Gasteiger partial charge in [-0.15, -0.1) is 0 Å². The van der Waals surface area contributed by atoms with Crippen LogP contribution in [0, 0.1) is 0 Å². The minimum Gasteiger partial charge on any atom is -0.870 e. The van der Waals surface area contributed by atoms with Crippen molar-refractivity contribution < 1.29 is 71.1 Å². The van der Waals surface area contributed by atoms with Crippen molar-refractivity contribution in [2.75, 3.05) is 34.5 Å². The van der Waals surface area contributed by atoms with Crippen molar-refractivity contribution in [2.24, 2.45) is 0 Å². The van der Waals surface area contributed by atoms with Crippen molar-refractivity contribution in [3.63, 3.8) is 0 Å². The van der Waals surface area contributed by atoms with Crippen LogP contribution in [0.5, 0.6) is 0 Å². The molecule has 64 valence electrons. The molecule has 0 heterocycles. The molecule has 0 bridgehead atoms. The van der Waals surface area contributed by atoms with E-state index in [9.17, 15) is 0 Å².